The van der Waals surface area contributed by atoms with Gasteiger partial charge in [0.25, 0.3) is 0 Å². The third kappa shape index (κ3) is 1.57. The number of rotatable bonds is 2. The van der Waals surface area contributed by atoms with E-state index in [-0.39, 0.29) is 5.56 Å². The lowest BCUT2D eigenvalue weighted by Crippen LogP contribution is -1.97. The number of hydrogen-bond acceptors (Lipinski definition) is 3. The molecular formula is C12H8N2O3. The predicted octanol–water partition coefficient (Wildman–Crippen LogP) is 2.29. The number of aromatic carboxylic acids is 1. The lowest BCUT2D eigenvalue weighted by molar-refractivity contribution is 0.0696. The minimum Gasteiger partial charge on any atom is -0.478 e. The zero-order valence-electron chi connectivity index (χ0n) is 8.70. The second-order valence-electron chi connectivity index (χ2n) is 3.63. The molecule has 3 aromatic heterocycles. The number of furan rings is 1. The van der Waals surface area contributed by atoms with Gasteiger partial charge in [0.15, 0.2) is 0 Å². The number of aromatic nitrogens is 2. The standard InChI is InChI=1S/C12H8N2O3/c15-12(16)8-1-2-11-13-10(6-14(11)5-8)9-3-4-17-7-9/h1-7H,(H,15,16). The number of imidazole rings is 1. The van der Waals surface area contributed by atoms with E-state index in [1.165, 1.54) is 12.3 Å². The molecule has 0 saturated heterocycles. The topological polar surface area (TPSA) is 67.7 Å². The van der Waals surface area contributed by atoms with E-state index in [9.17, 15) is 4.79 Å². The largest absolute Gasteiger partial charge is 0.478 e. The van der Waals surface area contributed by atoms with Crippen molar-refractivity contribution in [3.63, 3.8) is 0 Å². The summed E-state index contributed by atoms with van der Waals surface area (Å²) in [5.74, 6) is -0.953. The summed E-state index contributed by atoms with van der Waals surface area (Å²) < 4.78 is 6.67. The number of hydrogen-bond donors (Lipinski definition) is 1. The van der Waals surface area contributed by atoms with Crippen LogP contribution in [0.3, 0.4) is 0 Å². The first-order chi connectivity index (χ1) is 8.24. The van der Waals surface area contributed by atoms with Gasteiger partial charge in [-0.2, -0.15) is 0 Å². The van der Waals surface area contributed by atoms with E-state index >= 15 is 0 Å². The van der Waals surface area contributed by atoms with Gasteiger partial charge in [-0.3, -0.25) is 0 Å². The van der Waals surface area contributed by atoms with Crippen LogP contribution >= 0.6 is 0 Å². The van der Waals surface area contributed by atoms with E-state index < -0.39 is 5.97 Å². The molecule has 0 spiro atoms. The number of carboxylic acid groups (broad SMARTS) is 1. The Morgan fingerprint density at radius 2 is 2.18 bits per heavy atom. The number of nitrogens with zero attached hydrogens (tertiary/aromatic N) is 2. The highest BCUT2D eigenvalue weighted by Crippen LogP contribution is 2.19. The first-order valence-corrected chi connectivity index (χ1v) is 4.99. The Morgan fingerprint density at radius 1 is 1.29 bits per heavy atom. The van der Waals surface area contributed by atoms with Crippen molar-refractivity contribution < 1.29 is 14.3 Å². The van der Waals surface area contributed by atoms with Crippen molar-refractivity contribution in [1.82, 2.24) is 9.38 Å². The van der Waals surface area contributed by atoms with E-state index in [2.05, 4.69) is 4.98 Å². The molecule has 0 saturated carbocycles. The molecular weight excluding hydrogens is 220 g/mol. The van der Waals surface area contributed by atoms with Crippen molar-refractivity contribution >= 4 is 11.6 Å². The molecule has 0 atom stereocenters. The van der Waals surface area contributed by atoms with Crippen molar-refractivity contribution in [3.05, 3.63) is 48.7 Å². The summed E-state index contributed by atoms with van der Waals surface area (Å²) in [6.45, 7) is 0. The minimum atomic E-state index is -0.953. The van der Waals surface area contributed by atoms with Gasteiger partial charge in [0.1, 0.15) is 5.65 Å². The van der Waals surface area contributed by atoms with Crippen LogP contribution in [-0.4, -0.2) is 20.5 Å². The van der Waals surface area contributed by atoms with Crippen molar-refractivity contribution in [2.24, 2.45) is 0 Å². The molecule has 0 bridgehead atoms. The van der Waals surface area contributed by atoms with E-state index in [1.54, 1.807) is 35.3 Å². The van der Waals surface area contributed by atoms with Gasteiger partial charge < -0.3 is 13.9 Å². The highest BCUT2D eigenvalue weighted by Gasteiger charge is 2.08. The average molecular weight is 228 g/mol. The normalized spacial score (nSPS) is 10.8. The van der Waals surface area contributed by atoms with Gasteiger partial charge in [0, 0.05) is 18.0 Å². The lowest BCUT2D eigenvalue weighted by atomic mass is 10.3. The molecule has 0 aliphatic rings. The molecule has 5 heteroatoms. The highest BCUT2D eigenvalue weighted by molar-refractivity contribution is 5.87. The van der Waals surface area contributed by atoms with E-state index in [4.69, 9.17) is 9.52 Å². The van der Waals surface area contributed by atoms with Crippen LogP contribution in [0.2, 0.25) is 0 Å². The van der Waals surface area contributed by atoms with E-state index in [0.717, 1.165) is 11.3 Å². The SMILES string of the molecule is O=C(O)c1ccc2nc(-c3ccoc3)cn2c1. The fourth-order valence-corrected chi connectivity index (χ4v) is 1.67. The fraction of sp³-hybridized carbons (Fsp3) is 0. The summed E-state index contributed by atoms with van der Waals surface area (Å²) in [6, 6.07) is 5.01. The van der Waals surface area contributed by atoms with Gasteiger partial charge in [-0.1, -0.05) is 0 Å². The summed E-state index contributed by atoms with van der Waals surface area (Å²) >= 11 is 0. The van der Waals surface area contributed by atoms with Crippen LogP contribution in [0.15, 0.2) is 47.5 Å². The Morgan fingerprint density at radius 3 is 2.88 bits per heavy atom. The Hall–Kier alpha value is -2.56. The Labute approximate surface area is 95.9 Å². The summed E-state index contributed by atoms with van der Waals surface area (Å²) in [6.07, 6.45) is 6.47. The lowest BCUT2D eigenvalue weighted by Gasteiger charge is -1.95. The van der Waals surface area contributed by atoms with Gasteiger partial charge in [0.2, 0.25) is 0 Å². The number of carbonyl (C=O) groups is 1. The van der Waals surface area contributed by atoms with Crippen LogP contribution in [0.25, 0.3) is 16.9 Å². The molecule has 3 aromatic rings. The molecule has 0 radical (unpaired) electrons. The zero-order valence-corrected chi connectivity index (χ0v) is 8.70. The monoisotopic (exact) mass is 228 g/mol. The maximum atomic E-state index is 10.8. The molecule has 3 rings (SSSR count). The second kappa shape index (κ2) is 3.48. The van der Waals surface area contributed by atoms with Crippen LogP contribution in [0.1, 0.15) is 10.4 Å². The summed E-state index contributed by atoms with van der Waals surface area (Å²) in [5, 5.41) is 8.89. The second-order valence-corrected chi connectivity index (χ2v) is 3.63. The summed E-state index contributed by atoms with van der Waals surface area (Å²) in [7, 11) is 0. The van der Waals surface area contributed by atoms with Gasteiger partial charge >= 0.3 is 5.97 Å². The maximum Gasteiger partial charge on any atom is 0.337 e. The molecule has 3 heterocycles. The molecule has 0 aliphatic carbocycles. The molecule has 0 amide bonds. The fourth-order valence-electron chi connectivity index (χ4n) is 1.67. The van der Waals surface area contributed by atoms with Crippen LogP contribution in [0.4, 0.5) is 0 Å². The molecule has 0 aliphatic heterocycles. The van der Waals surface area contributed by atoms with Crippen molar-refractivity contribution in [2.45, 2.75) is 0 Å². The third-order valence-electron chi connectivity index (χ3n) is 2.51. The Kier molecular flexibility index (Phi) is 1.98. The van der Waals surface area contributed by atoms with E-state index in [0.29, 0.717) is 5.65 Å². The van der Waals surface area contributed by atoms with Gasteiger partial charge in [-0.25, -0.2) is 9.78 Å². The van der Waals surface area contributed by atoms with E-state index in [1.807, 2.05) is 0 Å². The van der Waals surface area contributed by atoms with Crippen molar-refractivity contribution in [3.8, 4) is 11.3 Å². The third-order valence-corrected chi connectivity index (χ3v) is 2.51. The predicted molar refractivity (Wildman–Crippen MR) is 59.9 cm³/mol. The Balaban J connectivity index is 2.16. The van der Waals surface area contributed by atoms with Gasteiger partial charge in [0.05, 0.1) is 23.8 Å². The van der Waals surface area contributed by atoms with Gasteiger partial charge in [-0.15, -0.1) is 0 Å². The summed E-state index contributed by atoms with van der Waals surface area (Å²) in [5.41, 5.74) is 2.55. The molecule has 5 nitrogen and oxygen atoms in total. The number of fused-ring (bicyclic) bond motifs is 1. The zero-order chi connectivity index (χ0) is 11.8. The average Bonchev–Trinajstić information content (AvgIpc) is 2.96. The van der Waals surface area contributed by atoms with Crippen molar-refractivity contribution in [2.75, 3.05) is 0 Å². The molecule has 0 unspecified atom stereocenters. The van der Waals surface area contributed by atoms with Gasteiger partial charge in [-0.05, 0) is 18.2 Å². The van der Waals surface area contributed by atoms with Crippen molar-refractivity contribution in [1.29, 1.82) is 0 Å². The number of carboxylic acids is 1. The molecule has 0 aromatic carbocycles. The van der Waals surface area contributed by atoms with Crippen LogP contribution in [-0.2, 0) is 0 Å². The van der Waals surface area contributed by atoms with Crippen LogP contribution < -0.4 is 0 Å². The molecule has 84 valence electrons. The summed E-state index contributed by atoms with van der Waals surface area (Å²) in [4.78, 5) is 15.2. The maximum absolute atomic E-state index is 10.8. The molecule has 0 fully saturated rings. The first kappa shape index (κ1) is 9.65. The Bertz CT molecular complexity index is 683. The van der Waals surface area contributed by atoms with Crippen LogP contribution in [0, 0.1) is 0 Å². The first-order valence-electron chi connectivity index (χ1n) is 4.99. The minimum absolute atomic E-state index is 0.230. The quantitative estimate of drug-likeness (QED) is 0.730. The van der Waals surface area contributed by atoms with Crippen LogP contribution in [0.5, 0.6) is 0 Å². The highest BCUT2D eigenvalue weighted by atomic mass is 16.4. The number of pyridine rings is 1. The molecule has 1 N–H and O–H groups in total. The molecule has 17 heavy (non-hydrogen) atoms. The smallest absolute Gasteiger partial charge is 0.337 e.